The number of Topliss-reactive ketones (excluding diaryl/α,β-unsaturated/α-hetero) is 1. The van der Waals surface area contributed by atoms with Crippen LogP contribution in [-0.4, -0.2) is 32.7 Å². The van der Waals surface area contributed by atoms with Crippen LogP contribution in [0.1, 0.15) is 29.6 Å². The molecule has 0 amide bonds. The van der Waals surface area contributed by atoms with Gasteiger partial charge in [-0.1, -0.05) is 72.8 Å². The predicted octanol–water partition coefficient (Wildman–Crippen LogP) is 7.18. The molecule has 0 spiro atoms. The molecule has 0 aliphatic heterocycles. The van der Waals surface area contributed by atoms with Gasteiger partial charge in [0, 0.05) is 11.9 Å². The lowest BCUT2D eigenvalue weighted by atomic mass is 10.0. The third-order valence-electron chi connectivity index (χ3n) is 7.18. The maximum absolute atomic E-state index is 14.3. The van der Waals surface area contributed by atoms with Crippen LogP contribution < -0.4 is 0 Å². The number of nitrogens with zero attached hydrogens (tertiary/aromatic N) is 1. The summed E-state index contributed by atoms with van der Waals surface area (Å²) in [6, 6.07) is 25.2. The molecule has 5 aromatic rings. The number of carbonyl (C=O) groups excluding carboxylic acids is 1. The van der Waals surface area contributed by atoms with Crippen molar-refractivity contribution in [2.75, 3.05) is 5.75 Å². The number of hydrogen-bond donors (Lipinski definition) is 0. The van der Waals surface area contributed by atoms with Crippen molar-refractivity contribution in [2.24, 2.45) is 0 Å². The lowest BCUT2D eigenvalue weighted by Gasteiger charge is -2.24. The number of ketones is 1. The van der Waals surface area contributed by atoms with Gasteiger partial charge in [0.15, 0.2) is 9.84 Å². The molecule has 0 saturated carbocycles. The van der Waals surface area contributed by atoms with Crippen molar-refractivity contribution in [2.45, 2.75) is 42.9 Å². The van der Waals surface area contributed by atoms with Crippen molar-refractivity contribution in [3.05, 3.63) is 120 Å². The van der Waals surface area contributed by atoms with Crippen LogP contribution in [0.25, 0.3) is 21.9 Å². The summed E-state index contributed by atoms with van der Waals surface area (Å²) in [4.78, 5) is 11.5. The first-order valence-electron chi connectivity index (χ1n) is 13.7. The number of furan rings is 1. The van der Waals surface area contributed by atoms with Crippen LogP contribution >= 0.6 is 0 Å². The molecule has 234 valence electrons. The molecule has 0 N–H and O–H groups in total. The third kappa shape index (κ3) is 7.03. The molecule has 0 radical (unpaired) electrons. The standard InChI is InChI=1S/C33H28F3NO6S2/c1-22-10-13-26-6-3-4-9-30(26)32(22)45(41,42)37(20-28-16-17-31(43-28)33(34,35)36)19-24-11-14-25(15-12-24)27-7-5-8-29(18-27)44(39,40)21-23(2)38/h3-18H,19-21H2,1-2H3. The summed E-state index contributed by atoms with van der Waals surface area (Å²) in [5, 5.41) is 1.17. The first kappa shape index (κ1) is 32.1. The van der Waals surface area contributed by atoms with Crippen LogP contribution in [0.5, 0.6) is 0 Å². The lowest BCUT2D eigenvalue weighted by molar-refractivity contribution is -0.153. The maximum atomic E-state index is 14.3. The van der Waals surface area contributed by atoms with Gasteiger partial charge in [-0.15, -0.1) is 0 Å². The van der Waals surface area contributed by atoms with Gasteiger partial charge < -0.3 is 4.42 Å². The highest BCUT2D eigenvalue weighted by atomic mass is 32.2. The zero-order chi connectivity index (χ0) is 32.6. The second-order valence-corrected chi connectivity index (χ2v) is 14.5. The number of sulfone groups is 1. The van der Waals surface area contributed by atoms with Crippen LogP contribution in [0.15, 0.2) is 111 Å². The van der Waals surface area contributed by atoms with Crippen LogP contribution in [0.3, 0.4) is 0 Å². The first-order chi connectivity index (χ1) is 21.1. The van der Waals surface area contributed by atoms with Gasteiger partial charge >= 0.3 is 6.18 Å². The average molecular weight is 656 g/mol. The van der Waals surface area contributed by atoms with E-state index in [1.54, 1.807) is 79.7 Å². The summed E-state index contributed by atoms with van der Waals surface area (Å²) in [7, 11) is -8.09. The van der Waals surface area contributed by atoms with Gasteiger partial charge in [-0.2, -0.15) is 17.5 Å². The van der Waals surface area contributed by atoms with E-state index in [1.807, 2.05) is 0 Å². The quantitative estimate of drug-likeness (QED) is 0.158. The van der Waals surface area contributed by atoms with Crippen molar-refractivity contribution in [3.63, 3.8) is 0 Å². The van der Waals surface area contributed by atoms with E-state index in [9.17, 15) is 34.8 Å². The summed E-state index contributed by atoms with van der Waals surface area (Å²) in [5.74, 6) is -2.50. The fourth-order valence-electron chi connectivity index (χ4n) is 5.06. The molecule has 1 heterocycles. The number of aryl methyl sites for hydroxylation is 1. The zero-order valence-corrected chi connectivity index (χ0v) is 25.8. The number of fused-ring (bicyclic) bond motifs is 1. The van der Waals surface area contributed by atoms with Crippen molar-refractivity contribution in [3.8, 4) is 11.1 Å². The van der Waals surface area contributed by atoms with E-state index >= 15 is 0 Å². The van der Waals surface area contributed by atoms with E-state index in [0.717, 1.165) is 16.4 Å². The Bertz CT molecular complexity index is 2100. The minimum atomic E-state index is -4.73. The summed E-state index contributed by atoms with van der Waals surface area (Å²) >= 11 is 0. The number of rotatable bonds is 10. The fraction of sp³-hybridized carbons (Fsp3) is 0.182. The van der Waals surface area contributed by atoms with Gasteiger partial charge in [-0.05, 0) is 65.8 Å². The van der Waals surface area contributed by atoms with E-state index < -0.39 is 49.9 Å². The van der Waals surface area contributed by atoms with E-state index in [-0.39, 0.29) is 22.1 Å². The number of benzene rings is 4. The SMILES string of the molecule is CC(=O)CS(=O)(=O)c1cccc(-c2ccc(CN(Cc3ccc(C(F)(F)F)o3)S(=O)(=O)c3c(C)ccc4ccccc34)cc2)c1. The fourth-order valence-corrected chi connectivity index (χ4v) is 8.17. The normalized spacial score (nSPS) is 12.6. The van der Waals surface area contributed by atoms with Crippen LogP contribution in [0.4, 0.5) is 13.2 Å². The number of sulfonamides is 1. The molecule has 0 aliphatic rings. The molecule has 0 aliphatic carbocycles. The Hall–Kier alpha value is -4.26. The monoisotopic (exact) mass is 655 g/mol. The van der Waals surface area contributed by atoms with Gasteiger partial charge in [0.25, 0.3) is 0 Å². The highest BCUT2D eigenvalue weighted by Gasteiger charge is 2.36. The lowest BCUT2D eigenvalue weighted by Crippen LogP contribution is -2.31. The summed E-state index contributed by atoms with van der Waals surface area (Å²) in [6.45, 7) is 2.21. The Kier molecular flexibility index (Phi) is 8.76. The van der Waals surface area contributed by atoms with Crippen molar-refractivity contribution in [1.29, 1.82) is 0 Å². The number of halogens is 3. The molecular formula is C33H28F3NO6S2. The Morgan fingerprint density at radius 3 is 2.18 bits per heavy atom. The molecule has 4 aromatic carbocycles. The van der Waals surface area contributed by atoms with Crippen LogP contribution in [-0.2, 0) is 43.9 Å². The minimum absolute atomic E-state index is 0.00123. The molecule has 0 atom stereocenters. The molecule has 0 unspecified atom stereocenters. The van der Waals surface area contributed by atoms with E-state index in [2.05, 4.69) is 0 Å². The van der Waals surface area contributed by atoms with Crippen molar-refractivity contribution in [1.82, 2.24) is 4.31 Å². The number of hydrogen-bond acceptors (Lipinski definition) is 6. The predicted molar refractivity (Wildman–Crippen MR) is 163 cm³/mol. The van der Waals surface area contributed by atoms with Crippen LogP contribution in [0, 0.1) is 6.92 Å². The van der Waals surface area contributed by atoms with Gasteiger partial charge in [-0.3, -0.25) is 4.79 Å². The minimum Gasteiger partial charge on any atom is -0.455 e. The van der Waals surface area contributed by atoms with Gasteiger partial charge in [0.1, 0.15) is 17.3 Å². The largest absolute Gasteiger partial charge is 0.455 e. The third-order valence-corrected chi connectivity index (χ3v) is 10.9. The highest BCUT2D eigenvalue weighted by molar-refractivity contribution is 7.92. The Labute approximate surface area is 258 Å². The molecule has 0 fully saturated rings. The van der Waals surface area contributed by atoms with E-state index in [0.29, 0.717) is 33.0 Å². The smallest absolute Gasteiger partial charge is 0.449 e. The summed E-state index contributed by atoms with van der Waals surface area (Å²) < 4.78 is 99.5. The Morgan fingerprint density at radius 1 is 0.800 bits per heavy atom. The number of carbonyl (C=O) groups is 1. The second-order valence-electron chi connectivity index (χ2n) is 10.7. The van der Waals surface area contributed by atoms with E-state index in [1.165, 1.54) is 19.1 Å². The zero-order valence-electron chi connectivity index (χ0n) is 24.2. The molecule has 1 aromatic heterocycles. The average Bonchev–Trinajstić information content (AvgIpc) is 3.46. The molecule has 7 nitrogen and oxygen atoms in total. The first-order valence-corrected chi connectivity index (χ1v) is 16.8. The number of alkyl halides is 3. The molecular weight excluding hydrogens is 627 g/mol. The second kappa shape index (κ2) is 12.3. The van der Waals surface area contributed by atoms with Gasteiger partial charge in [0.05, 0.1) is 16.3 Å². The van der Waals surface area contributed by atoms with Crippen molar-refractivity contribution < 1.29 is 39.2 Å². The summed E-state index contributed by atoms with van der Waals surface area (Å²) in [6.07, 6.45) is -4.73. The highest BCUT2D eigenvalue weighted by Crippen LogP contribution is 2.34. The maximum Gasteiger partial charge on any atom is 0.449 e. The topological polar surface area (TPSA) is 102 Å². The molecule has 45 heavy (non-hydrogen) atoms. The molecule has 0 bridgehead atoms. The Balaban J connectivity index is 1.51. The van der Waals surface area contributed by atoms with Crippen LogP contribution in [0.2, 0.25) is 0 Å². The van der Waals surface area contributed by atoms with E-state index in [4.69, 9.17) is 4.42 Å². The molecule has 12 heteroatoms. The molecule has 5 rings (SSSR count). The molecule has 0 saturated heterocycles. The van der Waals surface area contributed by atoms with Gasteiger partial charge in [-0.25, -0.2) is 16.8 Å². The Morgan fingerprint density at radius 2 is 1.51 bits per heavy atom. The van der Waals surface area contributed by atoms with Gasteiger partial charge in [0.2, 0.25) is 15.8 Å². The summed E-state index contributed by atoms with van der Waals surface area (Å²) in [5.41, 5.74) is 2.21. The van der Waals surface area contributed by atoms with Crippen molar-refractivity contribution >= 4 is 36.4 Å².